The van der Waals surface area contributed by atoms with Crippen molar-refractivity contribution in [2.45, 2.75) is 6.61 Å². The summed E-state index contributed by atoms with van der Waals surface area (Å²) in [6.45, 7) is 0.302. The van der Waals surface area contributed by atoms with Crippen LogP contribution in [-0.4, -0.2) is 10.2 Å². The van der Waals surface area contributed by atoms with Gasteiger partial charge in [0.05, 0.1) is 5.02 Å². The van der Waals surface area contributed by atoms with Gasteiger partial charge >= 0.3 is 6.01 Å². The van der Waals surface area contributed by atoms with Crippen LogP contribution >= 0.6 is 11.6 Å². The molecule has 0 unspecified atom stereocenters. The van der Waals surface area contributed by atoms with Crippen LogP contribution in [0.4, 0.5) is 10.4 Å². The monoisotopic (exact) mass is 345 g/mol. The Morgan fingerprint density at radius 3 is 2.58 bits per heavy atom. The van der Waals surface area contributed by atoms with E-state index in [1.165, 1.54) is 12.1 Å². The molecule has 0 saturated heterocycles. The van der Waals surface area contributed by atoms with Crippen molar-refractivity contribution < 1.29 is 13.5 Å². The van der Waals surface area contributed by atoms with E-state index in [-0.39, 0.29) is 11.8 Å². The number of halogens is 2. The van der Waals surface area contributed by atoms with E-state index in [2.05, 4.69) is 10.2 Å². The maximum atomic E-state index is 12.9. The molecule has 1 aromatic heterocycles. The zero-order chi connectivity index (χ0) is 16.9. The Labute approximate surface area is 142 Å². The van der Waals surface area contributed by atoms with E-state index in [0.717, 1.165) is 11.1 Å². The van der Waals surface area contributed by atoms with Crippen LogP contribution in [0.1, 0.15) is 17.0 Å². The molecule has 0 aliphatic carbocycles. The van der Waals surface area contributed by atoms with Gasteiger partial charge in [0.1, 0.15) is 18.2 Å². The molecule has 2 aromatic carbocycles. The third kappa shape index (κ3) is 4.11. The van der Waals surface area contributed by atoms with Crippen LogP contribution in [0.5, 0.6) is 5.75 Å². The average molecular weight is 346 g/mol. The highest BCUT2D eigenvalue weighted by Gasteiger charge is 2.04. The van der Waals surface area contributed by atoms with Gasteiger partial charge in [-0.1, -0.05) is 34.9 Å². The zero-order valence-corrected chi connectivity index (χ0v) is 13.2. The molecule has 0 bridgehead atoms. The van der Waals surface area contributed by atoms with Gasteiger partial charge in [-0.3, -0.25) is 0 Å². The Hall–Kier alpha value is -2.86. The number of hydrogen-bond donors (Lipinski definition) is 1. The molecule has 0 amide bonds. The van der Waals surface area contributed by atoms with Crippen LogP contribution in [0.25, 0.3) is 12.2 Å². The van der Waals surface area contributed by atoms with Crippen LogP contribution in [0.15, 0.2) is 46.9 Å². The first-order chi connectivity index (χ1) is 11.6. The molecule has 3 rings (SSSR count). The first-order valence-corrected chi connectivity index (χ1v) is 7.42. The van der Waals surface area contributed by atoms with Crippen LogP contribution < -0.4 is 10.5 Å². The zero-order valence-electron chi connectivity index (χ0n) is 12.4. The summed E-state index contributed by atoms with van der Waals surface area (Å²) < 4.78 is 23.6. The molecule has 0 fully saturated rings. The second kappa shape index (κ2) is 7.14. The van der Waals surface area contributed by atoms with Crippen molar-refractivity contribution in [1.29, 1.82) is 0 Å². The van der Waals surface area contributed by atoms with Crippen molar-refractivity contribution in [3.63, 3.8) is 0 Å². The van der Waals surface area contributed by atoms with Gasteiger partial charge < -0.3 is 14.9 Å². The van der Waals surface area contributed by atoms with Gasteiger partial charge in [-0.15, -0.1) is 5.10 Å². The van der Waals surface area contributed by atoms with Crippen LogP contribution in [0, 0.1) is 5.82 Å². The number of nitrogens with zero attached hydrogens (tertiary/aromatic N) is 2. The SMILES string of the molecule is Nc1nnc(/C=C/c2ccc(OCc3ccc(F)cc3)c(Cl)c2)o1. The molecule has 7 heteroatoms. The van der Waals surface area contributed by atoms with E-state index >= 15 is 0 Å². The Morgan fingerprint density at radius 2 is 1.92 bits per heavy atom. The predicted octanol–water partition coefficient (Wildman–Crippen LogP) is 4.19. The van der Waals surface area contributed by atoms with Gasteiger partial charge in [-0.2, -0.15) is 0 Å². The lowest BCUT2D eigenvalue weighted by Gasteiger charge is -2.08. The van der Waals surface area contributed by atoms with Crippen molar-refractivity contribution in [3.05, 3.63) is 70.3 Å². The Balaban J connectivity index is 1.65. The molecule has 0 atom stereocenters. The molecule has 1 heterocycles. The third-order valence-corrected chi connectivity index (χ3v) is 3.43. The Kier molecular flexibility index (Phi) is 4.77. The summed E-state index contributed by atoms with van der Waals surface area (Å²) in [7, 11) is 0. The highest BCUT2D eigenvalue weighted by Crippen LogP contribution is 2.27. The summed E-state index contributed by atoms with van der Waals surface area (Å²) >= 11 is 6.22. The second-order valence-electron chi connectivity index (χ2n) is 4.92. The van der Waals surface area contributed by atoms with E-state index in [9.17, 15) is 4.39 Å². The minimum atomic E-state index is -0.282. The maximum absolute atomic E-state index is 12.9. The predicted molar refractivity (Wildman–Crippen MR) is 89.8 cm³/mol. The van der Waals surface area contributed by atoms with Crippen molar-refractivity contribution in [2.75, 3.05) is 5.73 Å². The topological polar surface area (TPSA) is 74.2 Å². The van der Waals surface area contributed by atoms with E-state index in [0.29, 0.717) is 23.3 Å². The summed E-state index contributed by atoms with van der Waals surface area (Å²) in [6.07, 6.45) is 3.40. The molecule has 5 nitrogen and oxygen atoms in total. The molecule has 0 aliphatic heterocycles. The number of anilines is 1. The summed E-state index contributed by atoms with van der Waals surface area (Å²) in [5.74, 6) is 0.566. The normalized spacial score (nSPS) is 11.1. The first-order valence-electron chi connectivity index (χ1n) is 7.04. The Morgan fingerprint density at radius 1 is 1.12 bits per heavy atom. The number of nitrogens with two attached hydrogens (primary N) is 1. The number of nitrogen functional groups attached to an aromatic ring is 1. The number of hydrogen-bond acceptors (Lipinski definition) is 5. The molecular formula is C17H13ClFN3O2. The quantitative estimate of drug-likeness (QED) is 0.750. The number of benzene rings is 2. The lowest BCUT2D eigenvalue weighted by Crippen LogP contribution is -1.96. The molecule has 0 saturated carbocycles. The average Bonchev–Trinajstić information content (AvgIpc) is 2.99. The minimum Gasteiger partial charge on any atom is -0.487 e. The van der Waals surface area contributed by atoms with Crippen molar-refractivity contribution in [3.8, 4) is 5.75 Å². The first kappa shape index (κ1) is 16.0. The largest absolute Gasteiger partial charge is 0.487 e. The summed E-state index contributed by atoms with van der Waals surface area (Å²) in [5.41, 5.74) is 7.04. The molecule has 3 aromatic rings. The summed E-state index contributed by atoms with van der Waals surface area (Å²) in [4.78, 5) is 0. The number of ether oxygens (including phenoxy) is 1. The van der Waals surface area contributed by atoms with Gasteiger partial charge in [-0.05, 0) is 41.5 Å². The van der Waals surface area contributed by atoms with Crippen molar-refractivity contribution in [1.82, 2.24) is 10.2 Å². The van der Waals surface area contributed by atoms with E-state index in [1.807, 2.05) is 6.07 Å². The number of aromatic nitrogens is 2. The van der Waals surface area contributed by atoms with E-state index in [1.54, 1.807) is 36.4 Å². The molecular weight excluding hydrogens is 333 g/mol. The minimum absolute atomic E-state index is 0.0113. The van der Waals surface area contributed by atoms with E-state index < -0.39 is 0 Å². The maximum Gasteiger partial charge on any atom is 0.313 e. The summed E-state index contributed by atoms with van der Waals surface area (Å²) in [6, 6.07) is 11.5. The molecule has 0 aliphatic rings. The van der Waals surface area contributed by atoms with Crippen molar-refractivity contribution >= 4 is 29.8 Å². The molecule has 0 spiro atoms. The van der Waals surface area contributed by atoms with Gasteiger partial charge in [0, 0.05) is 6.08 Å². The fourth-order valence-corrected chi connectivity index (χ4v) is 2.20. The second-order valence-corrected chi connectivity index (χ2v) is 5.32. The third-order valence-electron chi connectivity index (χ3n) is 3.14. The Bertz CT molecular complexity index is 863. The fraction of sp³-hybridized carbons (Fsp3) is 0.0588. The highest BCUT2D eigenvalue weighted by atomic mass is 35.5. The highest BCUT2D eigenvalue weighted by molar-refractivity contribution is 6.32. The van der Waals surface area contributed by atoms with Gasteiger partial charge in [0.15, 0.2) is 0 Å². The van der Waals surface area contributed by atoms with E-state index in [4.69, 9.17) is 26.5 Å². The molecule has 0 radical (unpaired) electrons. The van der Waals surface area contributed by atoms with Crippen LogP contribution in [0.3, 0.4) is 0 Å². The number of rotatable bonds is 5. The summed E-state index contributed by atoms with van der Waals surface area (Å²) in [5, 5.41) is 7.75. The van der Waals surface area contributed by atoms with Gasteiger partial charge in [0.2, 0.25) is 5.89 Å². The smallest absolute Gasteiger partial charge is 0.313 e. The molecule has 122 valence electrons. The van der Waals surface area contributed by atoms with Gasteiger partial charge in [-0.25, -0.2) is 4.39 Å². The standard InChI is InChI=1S/C17H13ClFN3O2/c18-14-9-11(4-8-16-21-22-17(20)24-16)3-7-15(14)23-10-12-1-5-13(19)6-2-12/h1-9H,10H2,(H2,20,22)/b8-4+. The van der Waals surface area contributed by atoms with Crippen molar-refractivity contribution in [2.24, 2.45) is 0 Å². The van der Waals surface area contributed by atoms with Crippen LogP contribution in [0.2, 0.25) is 5.02 Å². The molecule has 2 N–H and O–H groups in total. The lowest BCUT2D eigenvalue weighted by molar-refractivity contribution is 0.306. The fourth-order valence-electron chi connectivity index (χ4n) is 1.96. The lowest BCUT2D eigenvalue weighted by atomic mass is 10.2. The van der Waals surface area contributed by atoms with Crippen LogP contribution in [-0.2, 0) is 6.61 Å². The molecule has 24 heavy (non-hydrogen) atoms. The van der Waals surface area contributed by atoms with Gasteiger partial charge in [0.25, 0.3) is 0 Å².